The van der Waals surface area contributed by atoms with Gasteiger partial charge in [0.1, 0.15) is 5.49 Å². The lowest BCUT2D eigenvalue weighted by Gasteiger charge is -2.44. The van der Waals surface area contributed by atoms with E-state index in [1.54, 1.807) is 17.4 Å². The number of aromatic amines is 1. The Labute approximate surface area is 176 Å². The van der Waals surface area contributed by atoms with E-state index in [1.807, 2.05) is 13.1 Å². The second-order valence-electron chi connectivity index (χ2n) is 8.79. The van der Waals surface area contributed by atoms with Gasteiger partial charge in [-0.2, -0.15) is 17.0 Å². The van der Waals surface area contributed by atoms with Gasteiger partial charge in [-0.05, 0) is 32.8 Å². The second kappa shape index (κ2) is 6.93. The largest absolute Gasteiger partial charge is 0.371 e. The summed E-state index contributed by atoms with van der Waals surface area (Å²) in [6.07, 6.45) is 4.61. The van der Waals surface area contributed by atoms with Gasteiger partial charge >= 0.3 is 0 Å². The van der Waals surface area contributed by atoms with E-state index in [4.69, 9.17) is 9.52 Å². The van der Waals surface area contributed by atoms with Crippen LogP contribution in [0.5, 0.6) is 0 Å². The first-order chi connectivity index (χ1) is 14.3. The summed E-state index contributed by atoms with van der Waals surface area (Å²) in [6, 6.07) is 4.08. The van der Waals surface area contributed by atoms with E-state index in [-0.39, 0.29) is 18.1 Å². The van der Waals surface area contributed by atoms with Crippen LogP contribution in [-0.2, 0) is 16.8 Å². The Hall–Kier alpha value is -2.17. The molecule has 2 fully saturated rings. The number of piperazine rings is 1. The Morgan fingerprint density at radius 3 is 2.87 bits per heavy atom. The number of nitrogens with one attached hydrogen (secondary N) is 1. The minimum absolute atomic E-state index is 0.183. The molecule has 4 heterocycles. The van der Waals surface area contributed by atoms with Crippen molar-refractivity contribution in [3.63, 3.8) is 0 Å². The first-order valence-electron chi connectivity index (χ1n) is 10.4. The van der Waals surface area contributed by atoms with E-state index in [2.05, 4.69) is 28.0 Å². The quantitative estimate of drug-likeness (QED) is 0.736. The van der Waals surface area contributed by atoms with Crippen molar-refractivity contribution in [2.45, 2.75) is 51.2 Å². The normalized spacial score (nSPS) is 23.7. The van der Waals surface area contributed by atoms with Gasteiger partial charge in [-0.25, -0.2) is 0 Å². The number of H-pyrrole nitrogens is 1. The monoisotopic (exact) mass is 432 g/mol. The van der Waals surface area contributed by atoms with Gasteiger partial charge in [0, 0.05) is 56.3 Å². The first kappa shape index (κ1) is 19.8. The molecule has 1 atom stereocenters. The first-order valence-corrected chi connectivity index (χ1v) is 11.8. The number of hydrogen-bond acceptors (Lipinski definition) is 6. The Morgan fingerprint density at radius 1 is 1.37 bits per heavy atom. The van der Waals surface area contributed by atoms with Crippen molar-refractivity contribution in [2.75, 3.05) is 26.7 Å². The van der Waals surface area contributed by atoms with Crippen LogP contribution in [0.4, 0.5) is 0 Å². The SMILES string of the molecule is Cc1cc(CN(C)S(=O)(=O)N2CCN(C3=c4cc[nH]c4=NC(C)C3)CC23CC3)on1. The Bertz CT molecular complexity index is 1180. The van der Waals surface area contributed by atoms with Gasteiger partial charge in [0.05, 0.1) is 23.8 Å². The number of aryl methyl sites for hydroxylation is 1. The highest BCUT2D eigenvalue weighted by atomic mass is 32.2. The molecule has 5 rings (SSSR count). The van der Waals surface area contributed by atoms with E-state index in [9.17, 15) is 8.42 Å². The number of aromatic nitrogens is 2. The number of hydrogen-bond donors (Lipinski definition) is 1. The molecule has 10 heteroatoms. The fourth-order valence-corrected chi connectivity index (χ4v) is 6.39. The van der Waals surface area contributed by atoms with Gasteiger partial charge in [0.25, 0.3) is 10.2 Å². The molecule has 0 aromatic carbocycles. The van der Waals surface area contributed by atoms with E-state index < -0.39 is 10.2 Å². The predicted molar refractivity (Wildman–Crippen MR) is 111 cm³/mol. The fourth-order valence-electron chi connectivity index (χ4n) is 4.72. The summed E-state index contributed by atoms with van der Waals surface area (Å²) >= 11 is 0. The molecule has 3 aliphatic rings. The number of nitrogens with zero attached hydrogens (tertiary/aromatic N) is 5. The lowest BCUT2D eigenvalue weighted by Crippen LogP contribution is -2.59. The zero-order valence-corrected chi connectivity index (χ0v) is 18.4. The Morgan fingerprint density at radius 2 is 2.17 bits per heavy atom. The van der Waals surface area contributed by atoms with Crippen LogP contribution in [0.25, 0.3) is 5.70 Å². The molecule has 9 nitrogen and oxygen atoms in total. The molecule has 2 aliphatic heterocycles. The summed E-state index contributed by atoms with van der Waals surface area (Å²) in [6.45, 7) is 6.03. The summed E-state index contributed by atoms with van der Waals surface area (Å²) in [5.41, 5.74) is 2.65. The summed E-state index contributed by atoms with van der Waals surface area (Å²) < 4.78 is 35.1. The third kappa shape index (κ3) is 3.27. The minimum Gasteiger partial charge on any atom is -0.371 e. The molecular weight excluding hydrogens is 404 g/mol. The maximum atomic E-state index is 13.4. The maximum absolute atomic E-state index is 13.4. The zero-order chi connectivity index (χ0) is 21.1. The second-order valence-corrected chi connectivity index (χ2v) is 10.7. The van der Waals surface area contributed by atoms with Crippen molar-refractivity contribution in [2.24, 2.45) is 4.99 Å². The molecular formula is C20H28N6O3S. The lowest BCUT2D eigenvalue weighted by molar-refractivity contribution is 0.155. The molecule has 0 radical (unpaired) electrons. The zero-order valence-electron chi connectivity index (χ0n) is 17.6. The van der Waals surface area contributed by atoms with Crippen LogP contribution in [0.15, 0.2) is 27.8 Å². The van der Waals surface area contributed by atoms with Crippen LogP contribution < -0.4 is 10.7 Å². The smallest absolute Gasteiger partial charge is 0.282 e. The van der Waals surface area contributed by atoms with Crippen LogP contribution in [0.3, 0.4) is 0 Å². The van der Waals surface area contributed by atoms with Crippen molar-refractivity contribution in [3.8, 4) is 0 Å². The molecule has 0 amide bonds. The predicted octanol–water partition coefficient (Wildman–Crippen LogP) is 0.358. The summed E-state index contributed by atoms with van der Waals surface area (Å²) in [4.78, 5) is 10.3. The average molecular weight is 433 g/mol. The number of fused-ring (bicyclic) bond motifs is 1. The van der Waals surface area contributed by atoms with E-state index in [0.717, 1.165) is 42.2 Å². The summed E-state index contributed by atoms with van der Waals surface area (Å²) in [7, 11) is -1.98. The van der Waals surface area contributed by atoms with Gasteiger partial charge in [0.15, 0.2) is 5.76 Å². The third-order valence-corrected chi connectivity index (χ3v) is 8.44. The standard InChI is InChI=1S/C20H28N6O3S/c1-14-11-18(17-4-7-21-19(17)22-14)25-8-9-26(20(13-25)5-6-20)30(27,28)24(3)12-16-10-15(2)23-29-16/h4,7,10,14H,5-6,8-9,11-13H2,1-3H3,(H,21,22). The molecule has 2 aromatic rings. The van der Waals surface area contributed by atoms with Crippen LogP contribution in [0, 0.1) is 6.92 Å². The maximum Gasteiger partial charge on any atom is 0.282 e. The highest BCUT2D eigenvalue weighted by Crippen LogP contribution is 2.47. The van der Waals surface area contributed by atoms with Crippen molar-refractivity contribution >= 4 is 15.9 Å². The van der Waals surface area contributed by atoms with E-state index in [1.165, 1.54) is 10.0 Å². The van der Waals surface area contributed by atoms with Crippen molar-refractivity contribution in [1.29, 1.82) is 0 Å². The molecule has 162 valence electrons. The fraction of sp³-hybridized carbons (Fsp3) is 0.600. The Kier molecular flexibility index (Phi) is 4.57. The molecule has 30 heavy (non-hydrogen) atoms. The topological polar surface area (TPSA) is 98.0 Å². The van der Waals surface area contributed by atoms with Crippen LogP contribution in [0.2, 0.25) is 0 Å². The van der Waals surface area contributed by atoms with Crippen LogP contribution in [-0.4, -0.2) is 70.3 Å². The minimum atomic E-state index is -3.59. The Balaban J connectivity index is 1.38. The molecule has 0 bridgehead atoms. The van der Waals surface area contributed by atoms with E-state index >= 15 is 0 Å². The van der Waals surface area contributed by atoms with Gasteiger partial charge in [-0.3, -0.25) is 4.99 Å². The lowest BCUT2D eigenvalue weighted by atomic mass is 10.1. The van der Waals surface area contributed by atoms with Gasteiger partial charge in [0.2, 0.25) is 0 Å². The molecule has 1 saturated carbocycles. The van der Waals surface area contributed by atoms with Gasteiger partial charge in [-0.1, -0.05) is 5.16 Å². The molecule has 1 saturated heterocycles. The van der Waals surface area contributed by atoms with Gasteiger partial charge in [-0.15, -0.1) is 0 Å². The van der Waals surface area contributed by atoms with Gasteiger partial charge < -0.3 is 14.4 Å². The summed E-state index contributed by atoms with van der Waals surface area (Å²) in [5, 5.41) is 5.01. The molecule has 1 unspecified atom stereocenters. The third-order valence-electron chi connectivity index (χ3n) is 6.40. The van der Waals surface area contributed by atoms with Crippen LogP contribution >= 0.6 is 0 Å². The van der Waals surface area contributed by atoms with Crippen molar-refractivity contribution < 1.29 is 12.9 Å². The van der Waals surface area contributed by atoms with Crippen LogP contribution in [0.1, 0.15) is 37.6 Å². The molecule has 1 N–H and O–H groups in total. The van der Waals surface area contributed by atoms with Crippen molar-refractivity contribution in [3.05, 3.63) is 40.5 Å². The average Bonchev–Trinajstić information content (AvgIpc) is 3.10. The molecule has 1 spiro atoms. The number of rotatable bonds is 5. The van der Waals surface area contributed by atoms with E-state index in [0.29, 0.717) is 18.8 Å². The highest BCUT2D eigenvalue weighted by Gasteiger charge is 2.56. The highest BCUT2D eigenvalue weighted by molar-refractivity contribution is 7.86. The summed E-state index contributed by atoms with van der Waals surface area (Å²) in [5.74, 6) is 0.553. The molecule has 2 aromatic heterocycles. The molecule has 1 aliphatic carbocycles. The van der Waals surface area contributed by atoms with Crippen molar-refractivity contribution in [1.82, 2.24) is 23.7 Å².